The summed E-state index contributed by atoms with van der Waals surface area (Å²) in [5, 5.41) is 0. The first-order valence-electron chi connectivity index (χ1n) is 11.8. The van der Waals surface area contributed by atoms with Gasteiger partial charge in [0.15, 0.2) is 0 Å². The molecule has 0 bridgehead atoms. The second kappa shape index (κ2) is 9.65. The topological polar surface area (TPSA) is 81.6 Å². The van der Waals surface area contributed by atoms with Crippen molar-refractivity contribution in [2.45, 2.75) is 18.5 Å². The van der Waals surface area contributed by atoms with Crippen LogP contribution in [0.4, 0.5) is 11.4 Å². The predicted octanol–water partition coefficient (Wildman–Crippen LogP) is 5.38. The maximum atomic E-state index is 13.4. The summed E-state index contributed by atoms with van der Waals surface area (Å²) in [4.78, 5) is 15.6. The van der Waals surface area contributed by atoms with Gasteiger partial charge in [0.2, 0.25) is 0 Å². The van der Waals surface area contributed by atoms with E-state index in [9.17, 15) is 4.79 Å². The normalized spacial score (nSPS) is 13.3. The fourth-order valence-electron chi connectivity index (χ4n) is 5.09. The van der Waals surface area contributed by atoms with E-state index in [-0.39, 0.29) is 12.0 Å². The van der Waals surface area contributed by atoms with Gasteiger partial charge in [-0.05, 0) is 64.1 Å². The number of nitrogen functional groups attached to an aromatic ring is 2. The highest BCUT2D eigenvalue weighted by Gasteiger charge is 2.39. The molecule has 0 radical (unpaired) electrons. The van der Waals surface area contributed by atoms with E-state index in [1.165, 1.54) is 29.4 Å². The average molecular weight is 464 g/mol. The molecule has 5 heteroatoms. The van der Waals surface area contributed by atoms with E-state index >= 15 is 0 Å². The quantitative estimate of drug-likeness (QED) is 0.284. The van der Waals surface area contributed by atoms with Crippen LogP contribution in [0.1, 0.15) is 34.3 Å². The number of hydrogen-bond donors (Lipinski definition) is 2. The van der Waals surface area contributed by atoms with Crippen molar-refractivity contribution >= 4 is 17.3 Å². The third-order valence-electron chi connectivity index (χ3n) is 6.78. The molecule has 0 saturated heterocycles. The highest BCUT2D eigenvalue weighted by molar-refractivity contribution is 5.81. The standard InChI is InChI=1S/C30H29N3O2/c1-35-30(34)28(21-12-16-23(32)17-13-21)33(19-18-20-10-14-22(31)15-11-20)29-26-8-4-2-6-24(26)25-7-3-5-9-27(25)29/h2-17,28-29H,18-19,31-32H2,1H3. The first-order chi connectivity index (χ1) is 17.1. The van der Waals surface area contributed by atoms with Crippen LogP contribution in [0, 0.1) is 0 Å². The minimum atomic E-state index is -0.599. The first kappa shape index (κ1) is 22.7. The molecule has 4 N–H and O–H groups in total. The highest BCUT2D eigenvalue weighted by atomic mass is 16.5. The fourth-order valence-corrected chi connectivity index (χ4v) is 5.09. The summed E-state index contributed by atoms with van der Waals surface area (Å²) in [7, 11) is 1.45. The van der Waals surface area contributed by atoms with Crippen molar-refractivity contribution in [2.75, 3.05) is 25.1 Å². The van der Waals surface area contributed by atoms with Crippen molar-refractivity contribution in [1.29, 1.82) is 0 Å². The third-order valence-corrected chi connectivity index (χ3v) is 6.78. The molecule has 0 amide bonds. The number of esters is 1. The molecule has 35 heavy (non-hydrogen) atoms. The van der Waals surface area contributed by atoms with Gasteiger partial charge in [-0.15, -0.1) is 0 Å². The Balaban J connectivity index is 1.63. The maximum Gasteiger partial charge on any atom is 0.327 e. The molecule has 176 valence electrons. The average Bonchev–Trinajstić information content (AvgIpc) is 3.22. The van der Waals surface area contributed by atoms with Crippen molar-refractivity contribution in [2.24, 2.45) is 0 Å². The van der Waals surface area contributed by atoms with Crippen LogP contribution in [0.25, 0.3) is 11.1 Å². The molecule has 5 rings (SSSR count). The molecule has 0 aromatic heterocycles. The van der Waals surface area contributed by atoms with Gasteiger partial charge in [0.05, 0.1) is 13.2 Å². The van der Waals surface area contributed by atoms with Crippen molar-refractivity contribution < 1.29 is 9.53 Å². The van der Waals surface area contributed by atoms with Gasteiger partial charge in [0, 0.05) is 17.9 Å². The Morgan fingerprint density at radius 2 is 1.31 bits per heavy atom. The summed E-state index contributed by atoms with van der Waals surface area (Å²) >= 11 is 0. The van der Waals surface area contributed by atoms with Gasteiger partial charge in [-0.1, -0.05) is 72.8 Å². The molecular formula is C30H29N3O2. The summed E-state index contributed by atoms with van der Waals surface area (Å²) in [6.07, 6.45) is 0.754. The van der Waals surface area contributed by atoms with E-state index in [0.29, 0.717) is 12.2 Å². The van der Waals surface area contributed by atoms with E-state index < -0.39 is 6.04 Å². The van der Waals surface area contributed by atoms with Gasteiger partial charge >= 0.3 is 5.97 Å². The lowest BCUT2D eigenvalue weighted by atomic mass is 9.96. The minimum absolute atomic E-state index is 0.0992. The van der Waals surface area contributed by atoms with Crippen molar-refractivity contribution in [3.63, 3.8) is 0 Å². The Labute approximate surface area is 206 Å². The van der Waals surface area contributed by atoms with Crippen molar-refractivity contribution in [1.82, 2.24) is 4.90 Å². The smallest absolute Gasteiger partial charge is 0.327 e. The molecule has 1 unspecified atom stereocenters. The molecule has 1 aliphatic rings. The molecule has 0 heterocycles. The SMILES string of the molecule is COC(=O)C(c1ccc(N)cc1)N(CCc1ccc(N)cc1)C1c2ccccc2-c2ccccc21. The number of carbonyl (C=O) groups excluding carboxylic acids is 1. The summed E-state index contributed by atoms with van der Waals surface area (Å²) in [6, 6.07) is 31.6. The van der Waals surface area contributed by atoms with E-state index in [0.717, 1.165) is 23.2 Å². The Kier molecular flexibility index (Phi) is 6.25. The number of fused-ring (bicyclic) bond motifs is 3. The number of ether oxygens (including phenoxy) is 1. The van der Waals surface area contributed by atoms with E-state index in [1.807, 2.05) is 48.5 Å². The molecule has 5 nitrogen and oxygen atoms in total. The zero-order valence-electron chi connectivity index (χ0n) is 19.7. The lowest BCUT2D eigenvalue weighted by molar-refractivity contribution is -0.148. The number of anilines is 2. The van der Waals surface area contributed by atoms with E-state index in [2.05, 4.69) is 53.4 Å². The molecule has 0 saturated carbocycles. The summed E-state index contributed by atoms with van der Waals surface area (Å²) < 4.78 is 5.35. The molecule has 1 aliphatic carbocycles. The fraction of sp³-hybridized carbons (Fsp3) is 0.167. The van der Waals surface area contributed by atoms with Crippen LogP contribution in [0.5, 0.6) is 0 Å². The van der Waals surface area contributed by atoms with Crippen LogP contribution >= 0.6 is 0 Å². The van der Waals surface area contributed by atoms with Crippen LogP contribution < -0.4 is 11.5 Å². The number of nitrogens with two attached hydrogens (primary N) is 2. The molecule has 4 aromatic carbocycles. The Hall–Kier alpha value is -4.09. The number of rotatable bonds is 7. The van der Waals surface area contributed by atoms with Gasteiger partial charge < -0.3 is 16.2 Å². The van der Waals surface area contributed by atoms with Gasteiger partial charge in [-0.25, -0.2) is 4.79 Å². The van der Waals surface area contributed by atoms with Crippen LogP contribution in [0.15, 0.2) is 97.1 Å². The molecule has 1 atom stereocenters. The maximum absolute atomic E-state index is 13.4. The zero-order valence-corrected chi connectivity index (χ0v) is 19.7. The van der Waals surface area contributed by atoms with Crippen molar-refractivity contribution in [3.05, 3.63) is 119 Å². The molecule has 4 aromatic rings. The second-order valence-electron chi connectivity index (χ2n) is 8.90. The molecular weight excluding hydrogens is 434 g/mol. The molecule has 0 spiro atoms. The number of hydrogen-bond acceptors (Lipinski definition) is 5. The van der Waals surface area contributed by atoms with Gasteiger partial charge in [0.25, 0.3) is 0 Å². The summed E-state index contributed by atoms with van der Waals surface area (Å²) in [5.74, 6) is -0.297. The Morgan fingerprint density at radius 3 is 1.86 bits per heavy atom. The number of methoxy groups -OCH3 is 1. The number of benzene rings is 4. The van der Waals surface area contributed by atoms with Crippen LogP contribution in [-0.4, -0.2) is 24.5 Å². The lowest BCUT2D eigenvalue weighted by Gasteiger charge is -2.36. The Morgan fingerprint density at radius 1 is 0.800 bits per heavy atom. The van der Waals surface area contributed by atoms with Gasteiger partial charge in [-0.3, -0.25) is 4.90 Å². The largest absolute Gasteiger partial charge is 0.468 e. The number of carbonyl (C=O) groups is 1. The summed E-state index contributed by atoms with van der Waals surface area (Å²) in [6.45, 7) is 0.640. The second-order valence-corrected chi connectivity index (χ2v) is 8.90. The monoisotopic (exact) mass is 463 g/mol. The van der Waals surface area contributed by atoms with E-state index in [4.69, 9.17) is 16.2 Å². The summed E-state index contributed by atoms with van der Waals surface area (Å²) in [5.41, 5.74) is 20.0. The zero-order chi connectivity index (χ0) is 24.4. The molecule has 0 fully saturated rings. The van der Waals surface area contributed by atoms with Crippen LogP contribution in [0.2, 0.25) is 0 Å². The van der Waals surface area contributed by atoms with Crippen LogP contribution in [-0.2, 0) is 16.0 Å². The van der Waals surface area contributed by atoms with Gasteiger partial charge in [0.1, 0.15) is 6.04 Å². The third kappa shape index (κ3) is 4.38. The first-order valence-corrected chi connectivity index (χ1v) is 11.8. The molecule has 0 aliphatic heterocycles. The van der Waals surface area contributed by atoms with Crippen LogP contribution in [0.3, 0.4) is 0 Å². The van der Waals surface area contributed by atoms with Crippen molar-refractivity contribution in [3.8, 4) is 11.1 Å². The number of nitrogens with zero attached hydrogens (tertiary/aromatic N) is 1. The predicted molar refractivity (Wildman–Crippen MR) is 141 cm³/mol. The van der Waals surface area contributed by atoms with E-state index in [1.54, 1.807) is 0 Å². The minimum Gasteiger partial charge on any atom is -0.468 e. The van der Waals surface area contributed by atoms with Gasteiger partial charge in [-0.2, -0.15) is 0 Å². The Bertz CT molecular complexity index is 1290. The lowest BCUT2D eigenvalue weighted by Crippen LogP contribution is -2.39. The highest BCUT2D eigenvalue weighted by Crippen LogP contribution is 2.48.